The summed E-state index contributed by atoms with van der Waals surface area (Å²) in [6.07, 6.45) is 2.12. The Balaban J connectivity index is 2.94. The lowest BCUT2D eigenvalue weighted by Crippen LogP contribution is -2.33. The van der Waals surface area contributed by atoms with Gasteiger partial charge in [0.1, 0.15) is 4.90 Å². The number of primary amides is 1. The predicted molar refractivity (Wildman–Crippen MR) is 61.3 cm³/mol. The highest BCUT2D eigenvalue weighted by Crippen LogP contribution is 2.15. The lowest BCUT2D eigenvalue weighted by Gasteiger charge is -2.02. The van der Waals surface area contributed by atoms with Crippen molar-refractivity contribution in [2.45, 2.75) is 24.8 Å². The quantitative estimate of drug-likeness (QED) is 0.581. The Morgan fingerprint density at radius 2 is 2.24 bits per heavy atom. The number of rotatable bonds is 6. The van der Waals surface area contributed by atoms with E-state index in [4.69, 9.17) is 11.5 Å². The van der Waals surface area contributed by atoms with Crippen LogP contribution in [0.25, 0.3) is 0 Å². The number of amides is 1. The van der Waals surface area contributed by atoms with Crippen LogP contribution >= 0.6 is 0 Å². The molecule has 0 bridgehead atoms. The Kier molecular flexibility index (Phi) is 4.07. The first kappa shape index (κ1) is 13.5. The third-order valence-electron chi connectivity index (χ3n) is 1.93. The molecule has 0 fully saturated rings. The van der Waals surface area contributed by atoms with Gasteiger partial charge >= 0.3 is 0 Å². The van der Waals surface area contributed by atoms with Crippen molar-refractivity contribution in [3.05, 3.63) is 6.20 Å². The van der Waals surface area contributed by atoms with Gasteiger partial charge in [-0.3, -0.25) is 9.48 Å². The van der Waals surface area contributed by atoms with Crippen LogP contribution in [0.15, 0.2) is 11.1 Å². The second kappa shape index (κ2) is 5.15. The van der Waals surface area contributed by atoms with Crippen molar-refractivity contribution in [3.8, 4) is 0 Å². The van der Waals surface area contributed by atoms with Crippen LogP contribution in [0.2, 0.25) is 0 Å². The summed E-state index contributed by atoms with van der Waals surface area (Å²) in [4.78, 5) is 10.4. The average Bonchev–Trinajstić information content (AvgIpc) is 2.58. The van der Waals surface area contributed by atoms with Crippen molar-refractivity contribution in [1.29, 1.82) is 0 Å². The molecule has 0 atom stereocenters. The number of sulfonamides is 1. The largest absolute Gasteiger partial charge is 0.381 e. The van der Waals surface area contributed by atoms with Crippen molar-refractivity contribution in [2.75, 3.05) is 12.3 Å². The highest BCUT2D eigenvalue weighted by atomic mass is 32.2. The first-order chi connectivity index (χ1) is 7.86. The monoisotopic (exact) mass is 261 g/mol. The molecule has 0 unspecified atom stereocenters. The summed E-state index contributed by atoms with van der Waals surface area (Å²) in [5.74, 6) is -0.872. The van der Waals surface area contributed by atoms with Crippen LogP contribution in [0, 0.1) is 0 Å². The number of carbonyl (C=O) groups excluding carboxylic acids is 1. The second-order valence-electron chi connectivity index (χ2n) is 3.43. The molecule has 8 nitrogen and oxygen atoms in total. The zero-order valence-corrected chi connectivity index (χ0v) is 10.2. The Morgan fingerprint density at radius 3 is 2.76 bits per heavy atom. The van der Waals surface area contributed by atoms with E-state index in [-0.39, 0.29) is 10.7 Å². The Labute approximate surface area is 99.0 Å². The van der Waals surface area contributed by atoms with Crippen LogP contribution in [0.1, 0.15) is 13.3 Å². The van der Waals surface area contributed by atoms with Gasteiger partial charge in [0.25, 0.3) is 0 Å². The van der Waals surface area contributed by atoms with Crippen molar-refractivity contribution < 1.29 is 13.2 Å². The smallest absolute Gasteiger partial charge is 0.246 e. The molecule has 96 valence electrons. The Bertz CT molecular complexity index is 507. The number of aryl methyl sites for hydroxylation is 1. The summed E-state index contributed by atoms with van der Waals surface area (Å²) in [7, 11) is -3.84. The van der Waals surface area contributed by atoms with Gasteiger partial charge in [0.2, 0.25) is 15.9 Å². The molecule has 5 N–H and O–H groups in total. The van der Waals surface area contributed by atoms with Crippen molar-refractivity contribution >= 4 is 21.7 Å². The Morgan fingerprint density at radius 1 is 1.59 bits per heavy atom. The molecule has 1 aromatic heterocycles. The van der Waals surface area contributed by atoms with E-state index in [1.54, 1.807) is 0 Å². The standard InChI is InChI=1S/C8H15N5O3S/c1-2-3-13-5-6(8(10)12-13)17(15,16)11-4-7(9)14/h5,11H,2-4H2,1H3,(H2,9,14)(H2,10,12). The minimum absolute atomic E-state index is 0.101. The molecular weight excluding hydrogens is 246 g/mol. The maximum absolute atomic E-state index is 11.7. The lowest BCUT2D eigenvalue weighted by molar-refractivity contribution is -0.116. The fourth-order valence-corrected chi connectivity index (χ4v) is 2.28. The van der Waals surface area contributed by atoms with Crippen molar-refractivity contribution in [3.63, 3.8) is 0 Å². The highest BCUT2D eigenvalue weighted by molar-refractivity contribution is 7.89. The van der Waals surface area contributed by atoms with Gasteiger partial charge in [-0.15, -0.1) is 0 Å². The molecule has 0 saturated heterocycles. The summed E-state index contributed by atoms with van der Waals surface area (Å²) in [5, 5.41) is 3.85. The maximum atomic E-state index is 11.7. The van der Waals surface area contributed by atoms with Crippen LogP contribution in [0.4, 0.5) is 5.82 Å². The molecule has 0 aliphatic heterocycles. The fourth-order valence-electron chi connectivity index (χ4n) is 1.21. The molecule has 1 amide bonds. The van der Waals surface area contributed by atoms with Gasteiger partial charge in [-0.2, -0.15) is 5.10 Å². The number of nitrogens with one attached hydrogen (secondary N) is 1. The van der Waals surface area contributed by atoms with Gasteiger partial charge < -0.3 is 11.5 Å². The number of nitrogens with zero attached hydrogens (tertiary/aromatic N) is 2. The summed E-state index contributed by atoms with van der Waals surface area (Å²) < 4.78 is 26.9. The molecule has 1 heterocycles. The normalized spacial score (nSPS) is 11.6. The predicted octanol–water partition coefficient (Wildman–Crippen LogP) is -1.36. The van der Waals surface area contributed by atoms with Gasteiger partial charge in [-0.25, -0.2) is 13.1 Å². The highest BCUT2D eigenvalue weighted by Gasteiger charge is 2.21. The van der Waals surface area contributed by atoms with Gasteiger partial charge in [-0.1, -0.05) is 6.92 Å². The van der Waals surface area contributed by atoms with E-state index in [0.29, 0.717) is 6.54 Å². The molecule has 0 saturated carbocycles. The van der Waals surface area contributed by atoms with Crippen LogP contribution in [0.3, 0.4) is 0 Å². The van der Waals surface area contributed by atoms with E-state index in [1.165, 1.54) is 10.9 Å². The number of nitrogens with two attached hydrogens (primary N) is 2. The summed E-state index contributed by atoms with van der Waals surface area (Å²) in [6, 6.07) is 0. The van der Waals surface area contributed by atoms with Crippen LogP contribution in [-0.2, 0) is 21.4 Å². The SMILES string of the molecule is CCCn1cc(S(=O)(=O)NCC(N)=O)c(N)n1. The lowest BCUT2D eigenvalue weighted by atomic mass is 10.5. The van der Waals surface area contributed by atoms with E-state index in [1.807, 2.05) is 11.6 Å². The maximum Gasteiger partial charge on any atom is 0.246 e. The zero-order chi connectivity index (χ0) is 13.1. The van der Waals surface area contributed by atoms with Gasteiger partial charge in [-0.05, 0) is 6.42 Å². The third kappa shape index (κ3) is 3.43. The fraction of sp³-hybridized carbons (Fsp3) is 0.500. The molecule has 0 aliphatic rings. The number of anilines is 1. The second-order valence-corrected chi connectivity index (χ2v) is 5.17. The van der Waals surface area contributed by atoms with Crippen molar-refractivity contribution in [2.24, 2.45) is 5.73 Å². The molecule has 0 aliphatic carbocycles. The molecule has 1 aromatic rings. The molecule has 0 spiro atoms. The number of aromatic nitrogens is 2. The molecule has 1 rings (SSSR count). The first-order valence-corrected chi connectivity index (χ1v) is 6.46. The minimum Gasteiger partial charge on any atom is -0.381 e. The average molecular weight is 261 g/mol. The number of nitrogen functional groups attached to an aromatic ring is 1. The molecule has 0 aromatic carbocycles. The molecular formula is C8H15N5O3S. The Hall–Kier alpha value is -1.61. The topological polar surface area (TPSA) is 133 Å². The number of hydrogen-bond donors (Lipinski definition) is 3. The number of carbonyl (C=O) groups is 1. The molecule has 17 heavy (non-hydrogen) atoms. The van der Waals surface area contributed by atoms with Crippen LogP contribution in [0.5, 0.6) is 0 Å². The first-order valence-electron chi connectivity index (χ1n) is 4.97. The summed E-state index contributed by atoms with van der Waals surface area (Å²) in [6.45, 7) is 2.02. The van der Waals surface area contributed by atoms with Gasteiger partial charge in [0, 0.05) is 12.7 Å². The van der Waals surface area contributed by atoms with E-state index < -0.39 is 22.5 Å². The van der Waals surface area contributed by atoms with Crippen LogP contribution in [-0.4, -0.2) is 30.7 Å². The molecule has 0 radical (unpaired) electrons. The van der Waals surface area contributed by atoms with Crippen molar-refractivity contribution in [1.82, 2.24) is 14.5 Å². The van der Waals surface area contributed by atoms with Gasteiger partial charge in [0.05, 0.1) is 6.54 Å². The van der Waals surface area contributed by atoms with E-state index in [2.05, 4.69) is 5.10 Å². The van der Waals surface area contributed by atoms with E-state index >= 15 is 0 Å². The zero-order valence-electron chi connectivity index (χ0n) is 9.38. The molecule has 9 heteroatoms. The van der Waals surface area contributed by atoms with Crippen LogP contribution < -0.4 is 16.2 Å². The summed E-state index contributed by atoms with van der Waals surface area (Å²) >= 11 is 0. The summed E-state index contributed by atoms with van der Waals surface area (Å²) in [5.41, 5.74) is 10.3. The third-order valence-corrected chi connectivity index (χ3v) is 3.35. The van der Waals surface area contributed by atoms with E-state index in [0.717, 1.165) is 6.42 Å². The van der Waals surface area contributed by atoms with E-state index in [9.17, 15) is 13.2 Å². The van der Waals surface area contributed by atoms with Gasteiger partial charge in [0.15, 0.2) is 5.82 Å². The minimum atomic E-state index is -3.84. The number of hydrogen-bond acceptors (Lipinski definition) is 5.